The molecule has 1 nitrogen and oxygen atoms in total. The highest BCUT2D eigenvalue weighted by Crippen LogP contribution is 2.01. The molecule has 1 aromatic rings. The van der Waals surface area contributed by atoms with Crippen LogP contribution in [0.2, 0.25) is 0 Å². The van der Waals surface area contributed by atoms with Gasteiger partial charge in [0.25, 0.3) is 5.24 Å². The molecule has 0 atom stereocenters. The van der Waals surface area contributed by atoms with Crippen molar-refractivity contribution >= 4 is 29.3 Å². The van der Waals surface area contributed by atoms with Crippen LogP contribution in [-0.2, 0) is 0 Å². The van der Waals surface area contributed by atoms with Crippen LogP contribution < -0.4 is 12.4 Å². The van der Waals surface area contributed by atoms with E-state index in [9.17, 15) is 4.79 Å². The van der Waals surface area contributed by atoms with Crippen molar-refractivity contribution in [3.05, 3.63) is 35.9 Å². The van der Waals surface area contributed by atoms with Crippen LogP contribution >= 0.6 is 24.0 Å². The Labute approximate surface area is 82.6 Å². The average Bonchev–Trinajstić information content (AvgIpc) is 1.90. The van der Waals surface area contributed by atoms with Crippen molar-refractivity contribution in [2.45, 2.75) is 0 Å². The summed E-state index contributed by atoms with van der Waals surface area (Å²) < 4.78 is 0. The second kappa shape index (κ2) is 6.47. The largest absolute Gasteiger partial charge is 1.00 e. The molecule has 0 aliphatic rings. The topological polar surface area (TPSA) is 17.1 Å². The van der Waals surface area contributed by atoms with E-state index in [1.54, 1.807) is 24.3 Å². The number of hydrogen-bond donors (Lipinski definition) is 0. The molecular weight excluding hydrogens is 206 g/mol. The Kier molecular flexibility index (Phi) is 7.85. The first-order chi connectivity index (χ1) is 4.30. The zero-order valence-corrected chi connectivity index (χ0v) is 7.79. The van der Waals surface area contributed by atoms with E-state index >= 15 is 0 Å². The minimum atomic E-state index is -0.407. The molecule has 0 aliphatic heterocycles. The van der Waals surface area contributed by atoms with Crippen molar-refractivity contribution < 1.29 is 17.2 Å². The number of benzene rings is 1. The summed E-state index contributed by atoms with van der Waals surface area (Å²) in [6.07, 6.45) is 0. The van der Waals surface area contributed by atoms with Crippen molar-refractivity contribution in [3.63, 3.8) is 0 Å². The molecule has 0 radical (unpaired) electrons. The lowest BCUT2D eigenvalue weighted by atomic mass is 10.2. The first-order valence-electron chi connectivity index (χ1n) is 2.55. The van der Waals surface area contributed by atoms with Crippen LogP contribution in [0.4, 0.5) is 0 Å². The Morgan fingerprint density at radius 3 is 1.91 bits per heavy atom. The van der Waals surface area contributed by atoms with Crippen LogP contribution in [0.5, 0.6) is 0 Å². The normalized spacial score (nSPS) is 7.36. The summed E-state index contributed by atoms with van der Waals surface area (Å²) in [6, 6.07) is 8.74. The van der Waals surface area contributed by atoms with Crippen molar-refractivity contribution in [1.82, 2.24) is 0 Å². The predicted octanol–water partition coefficient (Wildman–Crippen LogP) is -0.509. The molecule has 0 N–H and O–H groups in total. The minimum Gasteiger partial charge on any atom is -1.00 e. The van der Waals surface area contributed by atoms with Gasteiger partial charge in [0.1, 0.15) is 0 Å². The van der Waals surface area contributed by atoms with Gasteiger partial charge in [0.2, 0.25) is 0 Å². The average molecular weight is 212 g/mol. The van der Waals surface area contributed by atoms with Crippen LogP contribution in [0.25, 0.3) is 0 Å². The highest BCUT2D eigenvalue weighted by atomic mass is 35.5. The standard InChI is InChI=1S/C7H5ClO.2ClH/c8-7(9)6-4-2-1-3-5-6;;/h1-5H;2*1H/p-1. The maximum Gasteiger partial charge on any atom is 0.252 e. The smallest absolute Gasteiger partial charge is 0.252 e. The molecule has 0 aromatic heterocycles. The van der Waals surface area contributed by atoms with E-state index in [0.717, 1.165) is 0 Å². The lowest BCUT2D eigenvalue weighted by Gasteiger charge is -1.87. The predicted molar refractivity (Wildman–Crippen MR) is 43.9 cm³/mol. The maximum atomic E-state index is 10.4. The lowest BCUT2D eigenvalue weighted by molar-refractivity contribution is -0.00000891. The van der Waals surface area contributed by atoms with E-state index in [4.69, 9.17) is 11.6 Å². The van der Waals surface area contributed by atoms with Crippen LogP contribution in [0, 0.1) is 0 Å². The summed E-state index contributed by atoms with van der Waals surface area (Å²) in [5.74, 6) is 0. The van der Waals surface area contributed by atoms with E-state index < -0.39 is 5.24 Å². The number of hydrogen-bond acceptors (Lipinski definition) is 1. The molecule has 0 saturated carbocycles. The monoisotopic (exact) mass is 211 g/mol. The van der Waals surface area contributed by atoms with E-state index in [2.05, 4.69) is 0 Å². The van der Waals surface area contributed by atoms with E-state index in [0.29, 0.717) is 5.56 Å². The molecule has 4 heteroatoms. The molecule has 11 heavy (non-hydrogen) atoms. The summed E-state index contributed by atoms with van der Waals surface area (Å²) >= 11 is 5.16. The van der Waals surface area contributed by atoms with E-state index in [1.165, 1.54) is 0 Å². The van der Waals surface area contributed by atoms with Crippen molar-refractivity contribution in [3.8, 4) is 0 Å². The SMILES string of the molecule is Cl.O=C(Cl)c1ccccc1.[Cl-]. The third kappa shape index (κ3) is 4.25. The van der Waals surface area contributed by atoms with Gasteiger partial charge in [-0.3, -0.25) is 4.79 Å². The van der Waals surface area contributed by atoms with Gasteiger partial charge in [0.05, 0.1) is 0 Å². The quantitative estimate of drug-likeness (QED) is 0.573. The minimum absolute atomic E-state index is 0. The molecule has 1 aromatic carbocycles. The number of carbonyl (C=O) groups is 1. The highest BCUT2D eigenvalue weighted by Gasteiger charge is 1.95. The maximum absolute atomic E-state index is 10.4. The van der Waals surface area contributed by atoms with Gasteiger partial charge in [0.15, 0.2) is 0 Å². The van der Waals surface area contributed by atoms with Gasteiger partial charge in [-0.15, -0.1) is 12.4 Å². The van der Waals surface area contributed by atoms with Gasteiger partial charge in [-0.2, -0.15) is 0 Å². The molecule has 1 rings (SSSR count). The second-order valence-corrected chi connectivity index (χ2v) is 1.98. The third-order valence-electron chi connectivity index (χ3n) is 1.00. The van der Waals surface area contributed by atoms with Crippen molar-refractivity contribution in [1.29, 1.82) is 0 Å². The van der Waals surface area contributed by atoms with Gasteiger partial charge >= 0.3 is 0 Å². The van der Waals surface area contributed by atoms with Gasteiger partial charge in [0, 0.05) is 5.56 Å². The number of halogens is 3. The fourth-order valence-electron chi connectivity index (χ4n) is 0.569. The number of carbonyl (C=O) groups excluding carboxylic acids is 1. The fraction of sp³-hybridized carbons (Fsp3) is 0. The Morgan fingerprint density at radius 1 is 1.18 bits per heavy atom. The van der Waals surface area contributed by atoms with Crippen LogP contribution in [-0.4, -0.2) is 5.24 Å². The van der Waals surface area contributed by atoms with Crippen LogP contribution in [0.1, 0.15) is 10.4 Å². The second-order valence-electron chi connectivity index (χ2n) is 1.64. The molecule has 0 spiro atoms. The molecule has 0 unspecified atom stereocenters. The fourth-order valence-corrected chi connectivity index (χ4v) is 0.695. The zero-order chi connectivity index (χ0) is 6.69. The molecule has 0 bridgehead atoms. The molecule has 62 valence electrons. The van der Waals surface area contributed by atoms with Crippen LogP contribution in [0.15, 0.2) is 30.3 Å². The summed E-state index contributed by atoms with van der Waals surface area (Å²) in [4.78, 5) is 10.4. The molecule has 0 heterocycles. The highest BCUT2D eigenvalue weighted by molar-refractivity contribution is 6.67. The Bertz CT molecular complexity index is 210. The van der Waals surface area contributed by atoms with Gasteiger partial charge < -0.3 is 12.4 Å². The lowest BCUT2D eigenvalue weighted by Crippen LogP contribution is -3.00. The molecule has 0 fully saturated rings. The molecular formula is C7H6Cl3O-. The van der Waals surface area contributed by atoms with Crippen molar-refractivity contribution in [2.24, 2.45) is 0 Å². The van der Waals surface area contributed by atoms with E-state index in [1.807, 2.05) is 6.07 Å². The van der Waals surface area contributed by atoms with Crippen LogP contribution in [0.3, 0.4) is 0 Å². The molecule has 0 saturated heterocycles. The van der Waals surface area contributed by atoms with E-state index in [-0.39, 0.29) is 24.8 Å². The van der Waals surface area contributed by atoms with Crippen molar-refractivity contribution in [2.75, 3.05) is 0 Å². The summed E-state index contributed by atoms with van der Waals surface area (Å²) in [7, 11) is 0. The van der Waals surface area contributed by atoms with Gasteiger partial charge in [-0.1, -0.05) is 30.3 Å². The summed E-state index contributed by atoms with van der Waals surface area (Å²) in [6.45, 7) is 0. The molecule has 0 amide bonds. The molecule has 0 aliphatic carbocycles. The zero-order valence-electron chi connectivity index (χ0n) is 5.46. The Hall–Kier alpha value is -0.240. The first-order valence-corrected chi connectivity index (χ1v) is 2.93. The Balaban J connectivity index is 0. The first kappa shape index (κ1) is 13.4. The number of rotatable bonds is 1. The van der Waals surface area contributed by atoms with Gasteiger partial charge in [-0.25, -0.2) is 0 Å². The summed E-state index contributed by atoms with van der Waals surface area (Å²) in [5, 5.41) is -0.407. The van der Waals surface area contributed by atoms with Gasteiger partial charge in [-0.05, 0) is 11.6 Å². The Morgan fingerprint density at radius 2 is 1.64 bits per heavy atom. The summed E-state index contributed by atoms with van der Waals surface area (Å²) in [5.41, 5.74) is 0.541. The third-order valence-corrected chi connectivity index (χ3v) is 1.22.